The van der Waals surface area contributed by atoms with Crippen molar-refractivity contribution >= 4 is 16.7 Å². The van der Waals surface area contributed by atoms with Crippen LogP contribution >= 0.6 is 0 Å². The molecule has 1 aliphatic carbocycles. The summed E-state index contributed by atoms with van der Waals surface area (Å²) in [4.78, 5) is 7.32. The van der Waals surface area contributed by atoms with Crippen LogP contribution in [0.1, 0.15) is 39.4 Å². The van der Waals surface area contributed by atoms with Crippen molar-refractivity contribution in [3.05, 3.63) is 24.0 Å². The van der Waals surface area contributed by atoms with E-state index in [0.717, 1.165) is 36.2 Å². The Hall–Kier alpha value is -1.55. The van der Waals surface area contributed by atoms with E-state index in [4.69, 9.17) is 10.7 Å². The molecule has 0 spiro atoms. The first-order valence-electron chi connectivity index (χ1n) is 7.83. The number of fused-ring (bicyclic) bond motifs is 1. The van der Waals surface area contributed by atoms with Crippen LogP contribution in [-0.4, -0.2) is 34.1 Å². The topological polar surface area (TPSA) is 47.1 Å². The number of nitrogens with two attached hydrogens (primary N) is 1. The molecule has 2 N–H and O–H groups in total. The zero-order valence-corrected chi connectivity index (χ0v) is 13.6. The third kappa shape index (κ3) is 2.91. The molecule has 0 unspecified atom stereocenters. The molecule has 0 atom stereocenters. The van der Waals surface area contributed by atoms with E-state index in [1.165, 1.54) is 18.4 Å². The predicted molar refractivity (Wildman–Crippen MR) is 88.5 cm³/mol. The highest BCUT2D eigenvalue weighted by atomic mass is 15.2. The van der Waals surface area contributed by atoms with Gasteiger partial charge in [-0.3, -0.25) is 0 Å². The van der Waals surface area contributed by atoms with E-state index in [1.54, 1.807) is 0 Å². The number of hydrogen-bond acceptors (Lipinski definition) is 3. The molecule has 0 radical (unpaired) electrons. The van der Waals surface area contributed by atoms with Gasteiger partial charge in [0.25, 0.3) is 0 Å². The summed E-state index contributed by atoms with van der Waals surface area (Å²) >= 11 is 0. The lowest BCUT2D eigenvalue weighted by Crippen LogP contribution is -2.27. The van der Waals surface area contributed by atoms with Crippen LogP contribution in [-0.2, 0) is 12.0 Å². The Morgan fingerprint density at radius 1 is 1.33 bits per heavy atom. The summed E-state index contributed by atoms with van der Waals surface area (Å²) < 4.78 is 2.37. The monoisotopic (exact) mass is 286 g/mol. The molecular formula is C17H26N4. The van der Waals surface area contributed by atoms with E-state index in [-0.39, 0.29) is 5.41 Å². The zero-order valence-electron chi connectivity index (χ0n) is 13.6. The van der Waals surface area contributed by atoms with Gasteiger partial charge in [-0.2, -0.15) is 0 Å². The quantitative estimate of drug-likeness (QED) is 0.879. The molecule has 0 bridgehead atoms. The molecular weight excluding hydrogens is 260 g/mol. The summed E-state index contributed by atoms with van der Waals surface area (Å²) in [5, 5.41) is 0. The third-order valence-electron chi connectivity index (χ3n) is 4.29. The number of nitrogen functional groups attached to an aromatic ring is 1. The maximum Gasteiger partial charge on any atom is 0.115 e. The van der Waals surface area contributed by atoms with Crippen LogP contribution in [0.4, 0.5) is 5.69 Å². The summed E-state index contributed by atoms with van der Waals surface area (Å²) in [6.07, 6.45) is 2.70. The molecule has 1 aromatic heterocycles. The Kier molecular flexibility index (Phi) is 3.44. The number of hydrogen-bond donors (Lipinski definition) is 1. The number of imidazole rings is 1. The Morgan fingerprint density at radius 3 is 2.67 bits per heavy atom. The first-order valence-corrected chi connectivity index (χ1v) is 7.83. The highest BCUT2D eigenvalue weighted by Gasteiger charge is 2.27. The largest absolute Gasteiger partial charge is 0.399 e. The fraction of sp³-hybridized carbons (Fsp3) is 0.588. The van der Waals surface area contributed by atoms with Crippen molar-refractivity contribution in [2.24, 2.45) is 0 Å². The van der Waals surface area contributed by atoms with Crippen molar-refractivity contribution in [2.45, 2.75) is 51.6 Å². The van der Waals surface area contributed by atoms with Gasteiger partial charge in [0.05, 0.1) is 11.0 Å². The smallest absolute Gasteiger partial charge is 0.115 e. The van der Waals surface area contributed by atoms with Gasteiger partial charge < -0.3 is 15.2 Å². The molecule has 0 amide bonds. The maximum absolute atomic E-state index is 5.90. The van der Waals surface area contributed by atoms with Gasteiger partial charge in [0, 0.05) is 30.2 Å². The fourth-order valence-corrected chi connectivity index (χ4v) is 2.90. The number of anilines is 1. The van der Waals surface area contributed by atoms with E-state index in [9.17, 15) is 0 Å². The van der Waals surface area contributed by atoms with Gasteiger partial charge in [-0.05, 0) is 38.1 Å². The number of nitrogens with zero attached hydrogens (tertiary/aromatic N) is 3. The molecule has 4 nitrogen and oxygen atoms in total. The van der Waals surface area contributed by atoms with Crippen LogP contribution < -0.4 is 5.73 Å². The Bertz CT molecular complexity index is 647. The van der Waals surface area contributed by atoms with Crippen molar-refractivity contribution in [1.82, 2.24) is 14.5 Å². The van der Waals surface area contributed by atoms with Crippen LogP contribution in [0.5, 0.6) is 0 Å². The van der Waals surface area contributed by atoms with Crippen molar-refractivity contribution in [2.75, 3.05) is 19.3 Å². The Labute approximate surface area is 126 Å². The van der Waals surface area contributed by atoms with Crippen molar-refractivity contribution in [3.8, 4) is 0 Å². The Morgan fingerprint density at radius 2 is 2.05 bits per heavy atom. The van der Waals surface area contributed by atoms with Crippen LogP contribution in [0.15, 0.2) is 18.2 Å². The normalized spacial score (nSPS) is 16.0. The van der Waals surface area contributed by atoms with Gasteiger partial charge in [-0.25, -0.2) is 4.98 Å². The molecule has 21 heavy (non-hydrogen) atoms. The van der Waals surface area contributed by atoms with Crippen LogP contribution in [0.3, 0.4) is 0 Å². The molecule has 1 aromatic carbocycles. The molecule has 1 aliphatic rings. The van der Waals surface area contributed by atoms with E-state index in [1.807, 2.05) is 12.1 Å². The van der Waals surface area contributed by atoms with E-state index < -0.39 is 0 Å². The molecule has 0 saturated heterocycles. The molecule has 3 rings (SSSR count). The van der Waals surface area contributed by atoms with E-state index in [2.05, 4.69) is 43.4 Å². The second-order valence-electron chi connectivity index (χ2n) is 7.30. The first-order chi connectivity index (χ1) is 9.86. The molecule has 4 heteroatoms. The van der Waals surface area contributed by atoms with Crippen molar-refractivity contribution in [1.29, 1.82) is 0 Å². The Balaban J connectivity index is 1.96. The standard InChI is InChI=1S/C17H26N4/c1-17(2,3)16-19-14-11-12(18)5-8-15(14)21(16)10-9-20(4)13-6-7-13/h5,8,11,13H,6-7,9-10,18H2,1-4H3. The number of benzene rings is 1. The SMILES string of the molecule is CN(CCn1c(C(C)(C)C)nc2cc(N)ccc21)C1CC1. The predicted octanol–water partition coefficient (Wildman–Crippen LogP) is 3.01. The summed E-state index contributed by atoms with van der Waals surface area (Å²) in [5.41, 5.74) is 8.92. The van der Waals surface area contributed by atoms with Gasteiger partial charge in [0.15, 0.2) is 0 Å². The highest BCUT2D eigenvalue weighted by molar-refractivity contribution is 5.79. The molecule has 1 fully saturated rings. The van der Waals surface area contributed by atoms with Crippen molar-refractivity contribution < 1.29 is 0 Å². The lowest BCUT2D eigenvalue weighted by Gasteiger charge is -2.22. The van der Waals surface area contributed by atoms with Crippen molar-refractivity contribution in [3.63, 3.8) is 0 Å². The average molecular weight is 286 g/mol. The summed E-state index contributed by atoms with van der Waals surface area (Å²) in [6.45, 7) is 8.72. The second kappa shape index (κ2) is 5.02. The number of aromatic nitrogens is 2. The molecule has 1 heterocycles. The van der Waals surface area contributed by atoms with Gasteiger partial charge in [-0.1, -0.05) is 20.8 Å². The lowest BCUT2D eigenvalue weighted by molar-refractivity contribution is 0.306. The summed E-state index contributed by atoms with van der Waals surface area (Å²) in [5.74, 6) is 1.15. The van der Waals surface area contributed by atoms with Crippen LogP contribution in [0, 0.1) is 0 Å². The number of rotatable bonds is 4. The number of likely N-dealkylation sites (N-methyl/N-ethyl adjacent to an activating group) is 1. The summed E-state index contributed by atoms with van der Waals surface area (Å²) in [6, 6.07) is 6.85. The highest BCUT2D eigenvalue weighted by Crippen LogP contribution is 2.29. The minimum absolute atomic E-state index is 0.0337. The maximum atomic E-state index is 5.90. The molecule has 1 saturated carbocycles. The zero-order chi connectivity index (χ0) is 15.2. The lowest BCUT2D eigenvalue weighted by atomic mass is 9.95. The van der Waals surface area contributed by atoms with E-state index in [0.29, 0.717) is 0 Å². The fourth-order valence-electron chi connectivity index (χ4n) is 2.90. The molecule has 0 aliphatic heterocycles. The van der Waals surface area contributed by atoms with Gasteiger partial charge in [-0.15, -0.1) is 0 Å². The van der Waals surface area contributed by atoms with Gasteiger partial charge >= 0.3 is 0 Å². The minimum Gasteiger partial charge on any atom is -0.399 e. The molecule has 2 aromatic rings. The average Bonchev–Trinajstić information content (AvgIpc) is 3.17. The molecule has 114 valence electrons. The summed E-state index contributed by atoms with van der Waals surface area (Å²) in [7, 11) is 2.23. The van der Waals surface area contributed by atoms with Gasteiger partial charge in [0.2, 0.25) is 0 Å². The third-order valence-corrected chi connectivity index (χ3v) is 4.29. The van der Waals surface area contributed by atoms with E-state index >= 15 is 0 Å². The first kappa shape index (κ1) is 14.4. The van der Waals surface area contributed by atoms with Gasteiger partial charge in [0.1, 0.15) is 5.82 Å². The second-order valence-corrected chi connectivity index (χ2v) is 7.30. The van der Waals surface area contributed by atoms with Crippen LogP contribution in [0.25, 0.3) is 11.0 Å². The van der Waals surface area contributed by atoms with Crippen LogP contribution in [0.2, 0.25) is 0 Å². The minimum atomic E-state index is 0.0337.